The van der Waals surface area contributed by atoms with Crippen LogP contribution in [-0.4, -0.2) is 25.2 Å². The van der Waals surface area contributed by atoms with Gasteiger partial charge < -0.3 is 9.47 Å². The van der Waals surface area contributed by atoms with E-state index in [1.54, 1.807) is 0 Å². The van der Waals surface area contributed by atoms with E-state index in [0.29, 0.717) is 26.1 Å². The van der Waals surface area contributed by atoms with E-state index in [2.05, 4.69) is 38.2 Å². The first-order valence-electron chi connectivity index (χ1n) is 19.2. The zero-order valence-electron chi connectivity index (χ0n) is 30.2. The molecular formula is C40H76O4. The first-order valence-corrected chi connectivity index (χ1v) is 19.2. The minimum absolute atomic E-state index is 0.0415. The third kappa shape index (κ3) is 42.6. The van der Waals surface area contributed by atoms with Gasteiger partial charge in [-0.2, -0.15) is 0 Å². The van der Waals surface area contributed by atoms with E-state index in [-0.39, 0.29) is 11.9 Å². The number of hydrogen-bond donors (Lipinski definition) is 0. The summed E-state index contributed by atoms with van der Waals surface area (Å²) in [7, 11) is 0. The van der Waals surface area contributed by atoms with Crippen LogP contribution in [0.5, 0.6) is 0 Å². The highest BCUT2D eigenvalue weighted by Crippen LogP contribution is 2.12. The third-order valence-electron chi connectivity index (χ3n) is 7.90. The molecule has 0 N–H and O–H groups in total. The highest BCUT2D eigenvalue weighted by Gasteiger charge is 2.01. The lowest BCUT2D eigenvalue weighted by molar-refractivity contribution is -0.144. The molecule has 0 atom stereocenters. The normalized spacial score (nSPS) is 11.2. The Morgan fingerprint density at radius 2 is 0.614 bits per heavy atom. The van der Waals surface area contributed by atoms with Gasteiger partial charge in [-0.25, -0.2) is 0 Å². The minimum Gasteiger partial charge on any atom is -0.466 e. The lowest BCUT2D eigenvalue weighted by atomic mass is 10.1. The molecule has 0 amide bonds. The summed E-state index contributed by atoms with van der Waals surface area (Å²) in [6.07, 6.45) is 44.0. The van der Waals surface area contributed by atoms with Gasteiger partial charge >= 0.3 is 11.9 Å². The van der Waals surface area contributed by atoms with E-state index in [9.17, 15) is 9.59 Å². The topological polar surface area (TPSA) is 52.6 Å². The van der Waals surface area contributed by atoms with Crippen LogP contribution in [0.25, 0.3) is 0 Å². The highest BCUT2D eigenvalue weighted by atomic mass is 16.5. The Labute approximate surface area is 275 Å². The number of hydrogen-bond acceptors (Lipinski definition) is 4. The second kappa shape index (κ2) is 41.4. The van der Waals surface area contributed by atoms with Crippen molar-refractivity contribution in [2.24, 2.45) is 0 Å². The van der Waals surface area contributed by atoms with Crippen LogP contribution in [0.2, 0.25) is 0 Å². The molecule has 0 fully saturated rings. The van der Waals surface area contributed by atoms with Gasteiger partial charge in [0, 0.05) is 12.8 Å². The Bertz CT molecular complexity index is 571. The molecule has 4 heteroatoms. The van der Waals surface area contributed by atoms with Crippen LogP contribution < -0.4 is 0 Å². The summed E-state index contributed by atoms with van der Waals surface area (Å²) in [4.78, 5) is 22.3. The fraction of sp³-hybridized carbons (Fsp3) is 0.850. The van der Waals surface area contributed by atoms with Crippen molar-refractivity contribution in [2.75, 3.05) is 13.2 Å². The number of rotatable bonds is 32. The standard InChI is InChI=1S/2C20H38O2/c2*1-3-5-6-7-8-9-10-11-12-13-14-15-16-17-18-19-20(21)22-4-2/h2*11-12H,3-10,13-19H2,1-2H3/b2*12-11-. The van der Waals surface area contributed by atoms with Gasteiger partial charge in [0.15, 0.2) is 0 Å². The van der Waals surface area contributed by atoms with Gasteiger partial charge in [0.05, 0.1) is 13.2 Å². The zero-order valence-corrected chi connectivity index (χ0v) is 30.2. The molecule has 0 aromatic rings. The maximum Gasteiger partial charge on any atom is 0.305 e. The van der Waals surface area contributed by atoms with E-state index >= 15 is 0 Å². The van der Waals surface area contributed by atoms with Gasteiger partial charge in [-0.15, -0.1) is 0 Å². The van der Waals surface area contributed by atoms with Gasteiger partial charge in [-0.3, -0.25) is 9.59 Å². The Balaban J connectivity index is 0. The number of ether oxygens (including phenoxy) is 2. The van der Waals surface area contributed by atoms with Gasteiger partial charge in [0.2, 0.25) is 0 Å². The van der Waals surface area contributed by atoms with Crippen molar-refractivity contribution >= 4 is 11.9 Å². The monoisotopic (exact) mass is 621 g/mol. The molecule has 0 aromatic heterocycles. The molecular weight excluding hydrogens is 544 g/mol. The number of unbranched alkanes of at least 4 members (excludes halogenated alkanes) is 22. The molecule has 0 rings (SSSR count). The Kier molecular flexibility index (Phi) is 41.9. The van der Waals surface area contributed by atoms with Crippen LogP contribution >= 0.6 is 0 Å². The highest BCUT2D eigenvalue weighted by molar-refractivity contribution is 5.69. The second-order valence-corrected chi connectivity index (χ2v) is 12.3. The Morgan fingerprint density at radius 1 is 0.364 bits per heavy atom. The van der Waals surface area contributed by atoms with Crippen LogP contribution in [0.1, 0.15) is 207 Å². The Hall–Kier alpha value is -1.58. The molecule has 0 aromatic carbocycles. The molecule has 0 spiro atoms. The molecule has 260 valence electrons. The summed E-state index contributed by atoms with van der Waals surface area (Å²) in [5, 5.41) is 0. The lowest BCUT2D eigenvalue weighted by Gasteiger charge is -2.01. The van der Waals surface area contributed by atoms with Crippen LogP contribution in [0, 0.1) is 0 Å². The SMILES string of the molecule is CCCCCCCC/C=C\CCCCCCCC(=O)OCC.CCCCCCCC/C=C\CCCCCCCC(=O)OCC. The number of esters is 2. The van der Waals surface area contributed by atoms with Gasteiger partial charge in [-0.05, 0) is 78.1 Å². The maximum absolute atomic E-state index is 11.1. The zero-order chi connectivity index (χ0) is 32.6. The molecule has 0 heterocycles. The second-order valence-electron chi connectivity index (χ2n) is 12.3. The molecule has 4 nitrogen and oxygen atoms in total. The van der Waals surface area contributed by atoms with Crippen molar-refractivity contribution in [3.05, 3.63) is 24.3 Å². The summed E-state index contributed by atoms with van der Waals surface area (Å²) >= 11 is 0. The van der Waals surface area contributed by atoms with E-state index in [1.807, 2.05) is 13.8 Å². The van der Waals surface area contributed by atoms with Crippen molar-refractivity contribution < 1.29 is 19.1 Å². The van der Waals surface area contributed by atoms with Gasteiger partial charge in [0.1, 0.15) is 0 Å². The minimum atomic E-state index is -0.0415. The van der Waals surface area contributed by atoms with Crippen molar-refractivity contribution in [3.8, 4) is 0 Å². The van der Waals surface area contributed by atoms with Crippen molar-refractivity contribution in [1.29, 1.82) is 0 Å². The smallest absolute Gasteiger partial charge is 0.305 e. The molecule has 0 saturated heterocycles. The van der Waals surface area contributed by atoms with E-state index in [0.717, 1.165) is 25.7 Å². The fourth-order valence-corrected chi connectivity index (χ4v) is 5.15. The quantitative estimate of drug-likeness (QED) is 0.0426. The number of carbonyl (C=O) groups excluding carboxylic acids is 2. The van der Waals surface area contributed by atoms with Crippen molar-refractivity contribution in [3.63, 3.8) is 0 Å². The predicted octanol–water partition coefficient (Wildman–Crippen LogP) is 13.2. The largest absolute Gasteiger partial charge is 0.466 e. The molecule has 0 bridgehead atoms. The average Bonchev–Trinajstić information content (AvgIpc) is 3.01. The number of carbonyl (C=O) groups is 2. The molecule has 0 radical (unpaired) electrons. The fourth-order valence-electron chi connectivity index (χ4n) is 5.15. The summed E-state index contributed by atoms with van der Waals surface area (Å²) in [6.45, 7) is 9.26. The first kappa shape index (κ1) is 44.5. The lowest BCUT2D eigenvalue weighted by Crippen LogP contribution is -2.03. The number of allylic oxidation sites excluding steroid dienone is 4. The predicted molar refractivity (Wildman–Crippen MR) is 192 cm³/mol. The van der Waals surface area contributed by atoms with Crippen LogP contribution in [0.3, 0.4) is 0 Å². The van der Waals surface area contributed by atoms with Crippen LogP contribution in [0.4, 0.5) is 0 Å². The molecule has 44 heavy (non-hydrogen) atoms. The Morgan fingerprint density at radius 3 is 0.886 bits per heavy atom. The molecule has 0 unspecified atom stereocenters. The average molecular weight is 621 g/mol. The van der Waals surface area contributed by atoms with Crippen LogP contribution in [-0.2, 0) is 19.1 Å². The summed E-state index contributed by atoms with van der Waals surface area (Å²) < 4.78 is 9.83. The van der Waals surface area contributed by atoms with Crippen molar-refractivity contribution in [1.82, 2.24) is 0 Å². The van der Waals surface area contributed by atoms with E-state index in [1.165, 1.54) is 141 Å². The molecule has 0 saturated carbocycles. The van der Waals surface area contributed by atoms with Crippen LogP contribution in [0.15, 0.2) is 24.3 Å². The van der Waals surface area contributed by atoms with Gasteiger partial charge in [-0.1, -0.05) is 141 Å². The van der Waals surface area contributed by atoms with Gasteiger partial charge in [0.25, 0.3) is 0 Å². The third-order valence-corrected chi connectivity index (χ3v) is 7.90. The van der Waals surface area contributed by atoms with Crippen molar-refractivity contribution in [2.45, 2.75) is 207 Å². The van der Waals surface area contributed by atoms with E-state index < -0.39 is 0 Å². The molecule has 0 aliphatic rings. The summed E-state index contributed by atoms with van der Waals surface area (Å²) in [5.41, 5.74) is 0. The molecule has 0 aliphatic carbocycles. The molecule has 0 aliphatic heterocycles. The summed E-state index contributed by atoms with van der Waals surface area (Å²) in [5.74, 6) is -0.0831. The first-order chi connectivity index (χ1) is 21.6. The van der Waals surface area contributed by atoms with E-state index in [4.69, 9.17) is 9.47 Å². The summed E-state index contributed by atoms with van der Waals surface area (Å²) in [6, 6.07) is 0. The maximum atomic E-state index is 11.1.